The van der Waals surface area contributed by atoms with Crippen molar-refractivity contribution in [3.63, 3.8) is 0 Å². The van der Waals surface area contributed by atoms with Crippen LogP contribution in [0.25, 0.3) is 0 Å². The van der Waals surface area contributed by atoms with Gasteiger partial charge in [-0.2, -0.15) is 31.3 Å². The van der Waals surface area contributed by atoms with Gasteiger partial charge in [0.25, 0.3) is 0 Å². The molecular formula is C31H30F6N4O. The summed E-state index contributed by atoms with van der Waals surface area (Å²) in [5.74, 6) is -0.545. The molecule has 0 aromatic heterocycles. The van der Waals surface area contributed by atoms with Gasteiger partial charge in [0.1, 0.15) is 0 Å². The van der Waals surface area contributed by atoms with Crippen molar-refractivity contribution in [3.05, 3.63) is 106 Å². The molecule has 0 radical (unpaired) electrons. The summed E-state index contributed by atoms with van der Waals surface area (Å²) in [5, 5.41) is 5.90. The highest BCUT2D eigenvalue weighted by Crippen LogP contribution is 2.31. The minimum Gasteiger partial charge on any atom is -0.467 e. The van der Waals surface area contributed by atoms with Crippen LogP contribution in [0.4, 0.5) is 37.7 Å². The summed E-state index contributed by atoms with van der Waals surface area (Å²) in [6.07, 6.45) is -6.96. The van der Waals surface area contributed by atoms with Gasteiger partial charge in [-0.25, -0.2) is 0 Å². The maximum Gasteiger partial charge on any atom is 0.422 e. The summed E-state index contributed by atoms with van der Waals surface area (Å²) < 4.78 is 83.4. The van der Waals surface area contributed by atoms with E-state index in [9.17, 15) is 26.3 Å². The predicted molar refractivity (Wildman–Crippen MR) is 153 cm³/mol. The van der Waals surface area contributed by atoms with Crippen LogP contribution in [-0.2, 0) is 10.9 Å². The first kappa shape index (κ1) is 32.1. The lowest BCUT2D eigenvalue weighted by molar-refractivity contribution is -0.156. The number of para-hydroxylation sites is 1. The molecule has 0 saturated carbocycles. The van der Waals surface area contributed by atoms with Gasteiger partial charge in [-0.15, -0.1) is 0 Å². The van der Waals surface area contributed by atoms with Crippen LogP contribution in [0.2, 0.25) is 0 Å². The van der Waals surface area contributed by atoms with Gasteiger partial charge < -0.3 is 15.4 Å². The van der Waals surface area contributed by atoms with Crippen LogP contribution in [0.3, 0.4) is 0 Å². The Morgan fingerprint density at radius 3 is 2.48 bits per heavy atom. The molecule has 0 saturated heterocycles. The summed E-state index contributed by atoms with van der Waals surface area (Å²) >= 11 is 0. The van der Waals surface area contributed by atoms with E-state index in [0.29, 0.717) is 18.7 Å². The number of aliphatic imine (C=N–C) groups is 2. The molecule has 2 aromatic rings. The molecule has 1 aliphatic heterocycles. The minimum absolute atomic E-state index is 0.0205. The smallest absolute Gasteiger partial charge is 0.422 e. The fraction of sp³-hybridized carbons (Fsp3) is 0.290. The van der Waals surface area contributed by atoms with E-state index < -0.39 is 30.4 Å². The zero-order chi connectivity index (χ0) is 30.9. The summed E-state index contributed by atoms with van der Waals surface area (Å²) in [7, 11) is 0. The molecule has 1 aliphatic rings. The van der Waals surface area contributed by atoms with E-state index in [-0.39, 0.29) is 23.5 Å². The van der Waals surface area contributed by atoms with Crippen molar-refractivity contribution in [3.8, 4) is 0 Å². The first-order valence-electron chi connectivity index (χ1n) is 12.9. The van der Waals surface area contributed by atoms with E-state index in [1.807, 2.05) is 38.1 Å². The van der Waals surface area contributed by atoms with Crippen LogP contribution in [0, 0.1) is 6.92 Å². The second-order valence-electron chi connectivity index (χ2n) is 9.46. The van der Waals surface area contributed by atoms with E-state index in [1.165, 1.54) is 25.1 Å². The zero-order valence-electron chi connectivity index (χ0n) is 23.3. The van der Waals surface area contributed by atoms with Crippen molar-refractivity contribution in [2.24, 2.45) is 9.98 Å². The highest BCUT2D eigenvalue weighted by atomic mass is 19.4. The number of rotatable bonds is 9. The molecule has 2 N–H and O–H groups in total. The highest BCUT2D eigenvalue weighted by Gasteiger charge is 2.31. The van der Waals surface area contributed by atoms with Gasteiger partial charge in [0.15, 0.2) is 12.4 Å². The third-order valence-corrected chi connectivity index (χ3v) is 5.81. The molecule has 0 aliphatic carbocycles. The molecule has 222 valence electrons. The normalized spacial score (nSPS) is 14.5. The van der Waals surface area contributed by atoms with E-state index >= 15 is 0 Å². The van der Waals surface area contributed by atoms with Crippen molar-refractivity contribution >= 4 is 23.0 Å². The van der Waals surface area contributed by atoms with Crippen LogP contribution in [-0.4, -0.2) is 30.9 Å². The number of nitrogens with one attached hydrogen (secondary N) is 2. The lowest BCUT2D eigenvalue weighted by Crippen LogP contribution is -2.21. The summed E-state index contributed by atoms with van der Waals surface area (Å²) in [4.78, 5) is 8.82. The number of alkyl halides is 6. The van der Waals surface area contributed by atoms with Crippen LogP contribution < -0.4 is 10.6 Å². The third-order valence-electron chi connectivity index (χ3n) is 5.81. The van der Waals surface area contributed by atoms with E-state index in [1.54, 1.807) is 0 Å². The van der Waals surface area contributed by atoms with Crippen LogP contribution in [0.5, 0.6) is 0 Å². The Morgan fingerprint density at radius 1 is 1.07 bits per heavy atom. The second kappa shape index (κ2) is 13.9. The van der Waals surface area contributed by atoms with Crippen molar-refractivity contribution < 1.29 is 31.1 Å². The molecule has 42 heavy (non-hydrogen) atoms. The van der Waals surface area contributed by atoms with Crippen molar-refractivity contribution in [1.29, 1.82) is 0 Å². The summed E-state index contributed by atoms with van der Waals surface area (Å²) in [6.45, 7) is 8.09. The van der Waals surface area contributed by atoms with Gasteiger partial charge in [0.2, 0.25) is 5.90 Å². The standard InChI is InChI=1S/C31H30F6N4O/c1-20(2)26(40-27-13-6-5-9-21(27)3)15-16-38-24-11-8-14-28(39-25-12-7-10-23(18-25)31(35,36)37)41-29(22(4)17-24)42-19-30(32,33)34/h5-10,12-13,18,38-39H,1,11,15-16,19H2,2-4H3. The number of benzene rings is 2. The molecule has 0 amide bonds. The van der Waals surface area contributed by atoms with Crippen LogP contribution >= 0.6 is 0 Å². The number of ether oxygens (including phenoxy) is 1. The molecule has 1 heterocycles. The molecule has 0 bridgehead atoms. The van der Waals surface area contributed by atoms with E-state index in [2.05, 4.69) is 33.7 Å². The first-order chi connectivity index (χ1) is 19.7. The Kier molecular flexibility index (Phi) is 10.6. The van der Waals surface area contributed by atoms with Gasteiger partial charge in [0, 0.05) is 30.8 Å². The van der Waals surface area contributed by atoms with Crippen LogP contribution in [0.1, 0.15) is 37.8 Å². The van der Waals surface area contributed by atoms with Gasteiger partial charge in [-0.1, -0.05) is 42.3 Å². The monoisotopic (exact) mass is 588 g/mol. The van der Waals surface area contributed by atoms with Gasteiger partial charge >= 0.3 is 12.4 Å². The lowest BCUT2D eigenvalue weighted by Gasteiger charge is -2.13. The average Bonchev–Trinajstić information content (AvgIpc) is 2.96. The zero-order valence-corrected chi connectivity index (χ0v) is 23.3. The molecule has 5 nitrogen and oxygen atoms in total. The minimum atomic E-state index is -4.64. The molecule has 2 aromatic carbocycles. The largest absolute Gasteiger partial charge is 0.467 e. The van der Waals surface area contributed by atoms with Gasteiger partial charge in [-0.3, -0.25) is 4.99 Å². The molecule has 0 unspecified atom stereocenters. The molecule has 3 rings (SSSR count). The topological polar surface area (TPSA) is 58.0 Å². The number of halogens is 6. The van der Waals surface area contributed by atoms with Gasteiger partial charge in [-0.05, 0) is 62.2 Å². The van der Waals surface area contributed by atoms with Crippen molar-refractivity contribution in [2.45, 2.75) is 46.0 Å². The Morgan fingerprint density at radius 2 is 1.81 bits per heavy atom. The van der Waals surface area contributed by atoms with Crippen LogP contribution in [0.15, 0.2) is 105 Å². The number of aryl methyl sites for hydroxylation is 1. The fourth-order valence-electron chi connectivity index (χ4n) is 3.71. The number of hydrogen-bond donors (Lipinski definition) is 2. The van der Waals surface area contributed by atoms with Crippen molar-refractivity contribution in [2.75, 3.05) is 18.5 Å². The number of allylic oxidation sites excluding steroid dienone is 1. The van der Waals surface area contributed by atoms with Crippen molar-refractivity contribution in [1.82, 2.24) is 5.32 Å². The predicted octanol–water partition coefficient (Wildman–Crippen LogP) is 8.56. The maximum atomic E-state index is 13.2. The molecule has 0 spiro atoms. The quantitative estimate of drug-likeness (QED) is 0.175. The van der Waals surface area contributed by atoms with E-state index in [4.69, 9.17) is 9.73 Å². The number of anilines is 1. The molecule has 11 heteroatoms. The summed E-state index contributed by atoms with van der Waals surface area (Å²) in [5.41, 5.74) is 8.98. The number of nitrogens with zero attached hydrogens (tertiary/aromatic N) is 2. The lowest BCUT2D eigenvalue weighted by atomic mass is 10.1. The highest BCUT2D eigenvalue weighted by molar-refractivity contribution is 6.01. The molecular weight excluding hydrogens is 558 g/mol. The Bertz CT molecular complexity index is 1500. The Balaban J connectivity index is 1.87. The summed E-state index contributed by atoms with van der Waals surface area (Å²) in [6, 6.07) is 12.0. The first-order valence-corrected chi connectivity index (χ1v) is 12.9. The Labute approximate surface area is 240 Å². The fourth-order valence-corrected chi connectivity index (χ4v) is 3.71. The molecule has 0 atom stereocenters. The SMILES string of the molecule is C=C(C)C(CCNC1=C=C(C)C(OCC(F)(F)F)=NC(Nc2cccc(C(F)(F)F)c2)=C=CC1)=Nc1ccccc1C. The Hall–Kier alpha value is -4.46. The third kappa shape index (κ3) is 10.2. The van der Waals surface area contributed by atoms with E-state index in [0.717, 1.165) is 34.7 Å². The number of hydrogen-bond acceptors (Lipinski definition) is 5. The average molecular weight is 589 g/mol. The second-order valence-corrected chi connectivity index (χ2v) is 9.46. The molecule has 0 fully saturated rings. The maximum absolute atomic E-state index is 13.2. The van der Waals surface area contributed by atoms with Gasteiger partial charge in [0.05, 0.1) is 22.5 Å².